The van der Waals surface area contributed by atoms with Gasteiger partial charge in [-0.25, -0.2) is 0 Å². The Morgan fingerprint density at radius 3 is 0.865 bits per heavy atom. The fourth-order valence-electron chi connectivity index (χ4n) is 10.1. The zero-order chi connectivity index (χ0) is 54.1. The molecule has 0 aliphatic carbocycles. The van der Waals surface area contributed by atoms with Gasteiger partial charge >= 0.3 is 11.9 Å². The van der Waals surface area contributed by atoms with Gasteiger partial charge in [0.05, 0.1) is 40.3 Å². The molecule has 0 N–H and O–H groups in total. The molecule has 9 heteroatoms. The summed E-state index contributed by atoms with van der Waals surface area (Å²) in [6, 6.07) is 0. The Labute approximate surface area is 460 Å². The van der Waals surface area contributed by atoms with E-state index >= 15 is 0 Å². The maximum atomic E-state index is 12.9. The molecule has 0 aliphatic rings. The molecule has 0 spiro atoms. The summed E-state index contributed by atoms with van der Waals surface area (Å²) in [6.45, 7) is 4.81. The number of esters is 2. The average molecular weight is 1050 g/mol. The van der Waals surface area contributed by atoms with Crippen LogP contribution in [-0.2, 0) is 33.3 Å². The molecule has 0 aliphatic heterocycles. The third kappa shape index (κ3) is 58.0. The number of rotatable bonds is 62. The first-order valence-electron chi connectivity index (χ1n) is 32.7. The molecule has 0 aromatic rings. The van der Waals surface area contributed by atoms with E-state index in [1.165, 1.54) is 276 Å². The molecule has 0 radical (unpaired) electrons. The summed E-state index contributed by atoms with van der Waals surface area (Å²) in [5.74, 6) is -2.25. The quantitative estimate of drug-likeness (QED) is 0.0256. The predicted octanol–water partition coefficient (Wildman–Crippen LogP) is 18.2. The zero-order valence-corrected chi connectivity index (χ0v) is 50.3. The van der Waals surface area contributed by atoms with Crippen LogP contribution < -0.4 is 5.11 Å². The van der Waals surface area contributed by atoms with Crippen molar-refractivity contribution < 1.29 is 42.9 Å². The van der Waals surface area contributed by atoms with E-state index in [9.17, 15) is 19.5 Å². The van der Waals surface area contributed by atoms with Crippen molar-refractivity contribution in [2.75, 3.05) is 47.5 Å². The number of ether oxygens (including phenoxy) is 4. The van der Waals surface area contributed by atoms with Crippen LogP contribution in [0, 0.1) is 0 Å². The van der Waals surface area contributed by atoms with Crippen LogP contribution >= 0.6 is 0 Å². The predicted molar refractivity (Wildman–Crippen MR) is 311 cm³/mol. The van der Waals surface area contributed by atoms with Crippen molar-refractivity contribution in [2.24, 2.45) is 0 Å². The van der Waals surface area contributed by atoms with E-state index in [1.807, 2.05) is 21.1 Å². The van der Waals surface area contributed by atoms with Gasteiger partial charge < -0.3 is 33.3 Å². The minimum Gasteiger partial charge on any atom is -0.545 e. The van der Waals surface area contributed by atoms with Crippen LogP contribution in [0.25, 0.3) is 0 Å². The normalized spacial score (nSPS) is 12.6. The van der Waals surface area contributed by atoms with Gasteiger partial charge in [-0.2, -0.15) is 0 Å². The Balaban J connectivity index is 3.89. The highest BCUT2D eigenvalue weighted by Crippen LogP contribution is 2.19. The van der Waals surface area contributed by atoms with Crippen LogP contribution in [0.3, 0.4) is 0 Å². The number of carboxylic acid groups (broad SMARTS) is 1. The van der Waals surface area contributed by atoms with Gasteiger partial charge in [-0.3, -0.25) is 9.59 Å². The number of carboxylic acids is 1. The van der Waals surface area contributed by atoms with E-state index in [2.05, 4.69) is 13.8 Å². The van der Waals surface area contributed by atoms with Crippen LogP contribution in [0.15, 0.2) is 0 Å². The first-order valence-corrected chi connectivity index (χ1v) is 32.7. The highest BCUT2D eigenvalue weighted by molar-refractivity contribution is 5.70. The fraction of sp³-hybridized carbons (Fsp3) is 0.954. The molecule has 440 valence electrons. The molecular weight excluding hydrogens is 923 g/mol. The summed E-state index contributed by atoms with van der Waals surface area (Å²) in [5, 5.41) is 11.8. The summed E-state index contributed by atoms with van der Waals surface area (Å²) >= 11 is 0. The van der Waals surface area contributed by atoms with Crippen molar-refractivity contribution in [3.63, 3.8) is 0 Å². The van der Waals surface area contributed by atoms with E-state index in [4.69, 9.17) is 18.9 Å². The Kier molecular flexibility index (Phi) is 56.1. The number of likely N-dealkylation sites (N-methyl/N-ethyl adjacent to an activating group) is 1. The summed E-state index contributed by atoms with van der Waals surface area (Å²) in [5.41, 5.74) is 0. The van der Waals surface area contributed by atoms with E-state index in [-0.39, 0.29) is 32.2 Å². The van der Waals surface area contributed by atoms with Crippen molar-refractivity contribution >= 4 is 17.9 Å². The third-order valence-electron chi connectivity index (χ3n) is 15.1. The van der Waals surface area contributed by atoms with Gasteiger partial charge in [0.2, 0.25) is 0 Å². The third-order valence-corrected chi connectivity index (χ3v) is 15.1. The maximum Gasteiger partial charge on any atom is 0.306 e. The number of hydrogen-bond donors (Lipinski definition) is 0. The van der Waals surface area contributed by atoms with Crippen LogP contribution in [0.5, 0.6) is 0 Å². The van der Waals surface area contributed by atoms with Gasteiger partial charge in [-0.05, 0) is 12.8 Å². The van der Waals surface area contributed by atoms with Crippen LogP contribution in [0.1, 0.15) is 341 Å². The van der Waals surface area contributed by atoms with Gasteiger partial charge in [-0.15, -0.1) is 0 Å². The largest absolute Gasteiger partial charge is 0.545 e. The zero-order valence-electron chi connectivity index (χ0n) is 50.3. The lowest BCUT2D eigenvalue weighted by Gasteiger charge is -2.26. The highest BCUT2D eigenvalue weighted by Gasteiger charge is 2.22. The Hall–Kier alpha value is -1.71. The highest BCUT2D eigenvalue weighted by atomic mass is 16.7. The van der Waals surface area contributed by atoms with Crippen molar-refractivity contribution in [1.82, 2.24) is 0 Å². The number of nitrogens with zero attached hydrogens (tertiary/aromatic N) is 1. The lowest BCUT2D eigenvalue weighted by molar-refractivity contribution is -0.870. The SMILES string of the molecule is CCCCCCCCCCCCCCCCCCCCCCCCCCCCCCCCCCCCCCCC(=O)OC(COC(=O)CCCCCCCCCCCCCC)COC(OCC[N+](C)(C)C)C(=O)[O-]. The number of unbranched alkanes of at least 4 members (excludes halogenated alkanes) is 47. The van der Waals surface area contributed by atoms with Crippen molar-refractivity contribution in [1.29, 1.82) is 0 Å². The van der Waals surface area contributed by atoms with Crippen molar-refractivity contribution in [3.8, 4) is 0 Å². The standard InChI is InChI=1S/C65H127NO8/c1-6-8-10-12-14-16-18-20-21-22-23-24-25-26-27-28-29-30-31-32-33-34-35-36-37-38-39-40-41-42-43-44-46-48-50-52-54-56-63(68)74-61(60-73-65(64(69)70)71-58-57-66(3,4)5)59-72-62(67)55-53-51-49-47-45-19-17-15-13-11-9-7-2/h61,65H,6-60H2,1-5H3. The molecule has 0 bridgehead atoms. The second kappa shape index (κ2) is 57.5. The summed E-state index contributed by atoms with van der Waals surface area (Å²) in [4.78, 5) is 37.2. The van der Waals surface area contributed by atoms with E-state index in [0.717, 1.165) is 38.5 Å². The molecule has 0 fully saturated rings. The van der Waals surface area contributed by atoms with Crippen LogP contribution in [0.4, 0.5) is 0 Å². The minimum absolute atomic E-state index is 0.153. The summed E-state index contributed by atoms with van der Waals surface area (Å²) < 4.78 is 22.7. The molecular formula is C65H127NO8. The number of hydrogen-bond acceptors (Lipinski definition) is 8. The summed E-state index contributed by atoms with van der Waals surface area (Å²) in [7, 11) is 5.94. The van der Waals surface area contributed by atoms with E-state index < -0.39 is 24.3 Å². The second-order valence-electron chi connectivity index (χ2n) is 23.8. The second-order valence-corrected chi connectivity index (χ2v) is 23.8. The van der Waals surface area contributed by atoms with Crippen LogP contribution in [0.2, 0.25) is 0 Å². The molecule has 74 heavy (non-hydrogen) atoms. The molecule has 0 aromatic carbocycles. The molecule has 2 unspecified atom stereocenters. The number of carbonyl (C=O) groups is 3. The Bertz CT molecular complexity index is 1180. The van der Waals surface area contributed by atoms with Gasteiger partial charge in [0.15, 0.2) is 12.4 Å². The van der Waals surface area contributed by atoms with Gasteiger partial charge in [0.1, 0.15) is 13.2 Å². The molecule has 9 nitrogen and oxygen atoms in total. The molecule has 0 amide bonds. The number of quaternary nitrogens is 1. The molecule has 0 rings (SSSR count). The minimum atomic E-state index is -1.61. The molecule has 0 aromatic heterocycles. The van der Waals surface area contributed by atoms with Gasteiger partial charge in [0.25, 0.3) is 0 Å². The van der Waals surface area contributed by atoms with Gasteiger partial charge in [-0.1, -0.05) is 316 Å². The van der Waals surface area contributed by atoms with Gasteiger partial charge in [0, 0.05) is 12.8 Å². The Morgan fingerprint density at radius 1 is 0.351 bits per heavy atom. The number of carbonyl (C=O) groups excluding carboxylic acids is 3. The smallest absolute Gasteiger partial charge is 0.306 e. The van der Waals surface area contributed by atoms with E-state index in [0.29, 0.717) is 17.4 Å². The lowest BCUT2D eigenvalue weighted by atomic mass is 10.0. The topological polar surface area (TPSA) is 111 Å². The molecule has 0 saturated carbocycles. The fourth-order valence-corrected chi connectivity index (χ4v) is 10.1. The molecule has 2 atom stereocenters. The first-order chi connectivity index (χ1) is 36.1. The lowest BCUT2D eigenvalue weighted by Crippen LogP contribution is -2.44. The van der Waals surface area contributed by atoms with E-state index in [1.54, 1.807) is 0 Å². The van der Waals surface area contributed by atoms with Crippen molar-refractivity contribution in [3.05, 3.63) is 0 Å². The van der Waals surface area contributed by atoms with Crippen molar-refractivity contribution in [2.45, 2.75) is 354 Å². The number of aliphatic carboxylic acids is 1. The maximum absolute atomic E-state index is 12.9. The first kappa shape index (κ1) is 72.3. The summed E-state index contributed by atoms with van der Waals surface area (Å²) in [6.07, 6.45) is 63.5. The molecule has 0 heterocycles. The molecule has 0 saturated heterocycles. The Morgan fingerprint density at radius 2 is 0.608 bits per heavy atom. The van der Waals surface area contributed by atoms with Crippen LogP contribution in [-0.4, -0.2) is 82.3 Å². The monoisotopic (exact) mass is 1050 g/mol. The average Bonchev–Trinajstić information content (AvgIpc) is 3.37.